The molecule has 2 nitrogen and oxygen atoms in total. The van der Waals surface area contributed by atoms with Gasteiger partial charge in [0.05, 0.1) is 0 Å². The number of hydrogen-bond donors (Lipinski definition) is 0. The van der Waals surface area contributed by atoms with Crippen molar-refractivity contribution in [3.05, 3.63) is 10.8 Å². The van der Waals surface area contributed by atoms with Crippen LogP contribution < -0.4 is 0 Å². The summed E-state index contributed by atoms with van der Waals surface area (Å²) in [7, 11) is 0. The number of nitrogens with zero attached hydrogens (tertiary/aromatic N) is 2. The first-order valence-corrected chi connectivity index (χ1v) is 4.80. The van der Waals surface area contributed by atoms with Gasteiger partial charge in [-0.1, -0.05) is 22.9 Å². The second kappa shape index (κ2) is 3.44. The van der Waals surface area contributed by atoms with Crippen LogP contribution in [0.4, 0.5) is 0 Å². The largest absolute Gasteiger partial charge is 0.225 e. The minimum absolute atomic E-state index is 0.500. The van der Waals surface area contributed by atoms with Crippen molar-refractivity contribution >= 4 is 27.5 Å². The lowest BCUT2D eigenvalue weighted by Crippen LogP contribution is -1.95. The van der Waals surface area contributed by atoms with Crippen LogP contribution in [0.3, 0.4) is 0 Å². The average Bonchev–Trinajstić information content (AvgIpc) is 2.13. The first kappa shape index (κ1) is 8.14. The number of rotatable bonds is 2. The second-order valence-electron chi connectivity index (χ2n) is 2.22. The standard InChI is InChI=1S/C6H9BrN2S/c1-4(7)3-6-8-5(2)9-10-6/h4H,3H2,1-2H3. The van der Waals surface area contributed by atoms with E-state index in [9.17, 15) is 0 Å². The third-order valence-corrected chi connectivity index (χ3v) is 2.17. The molecular weight excluding hydrogens is 212 g/mol. The normalized spacial score (nSPS) is 13.5. The molecule has 0 aliphatic heterocycles. The summed E-state index contributed by atoms with van der Waals surface area (Å²) in [6.45, 7) is 4.02. The Kier molecular flexibility index (Phi) is 2.80. The molecule has 0 aliphatic carbocycles. The van der Waals surface area contributed by atoms with E-state index >= 15 is 0 Å². The Morgan fingerprint density at radius 2 is 2.40 bits per heavy atom. The third-order valence-electron chi connectivity index (χ3n) is 1.03. The summed E-state index contributed by atoms with van der Waals surface area (Å²) in [6, 6.07) is 0. The van der Waals surface area contributed by atoms with E-state index in [1.807, 2.05) is 6.92 Å². The molecule has 0 spiro atoms. The number of aromatic nitrogens is 2. The fourth-order valence-electron chi connectivity index (χ4n) is 0.664. The molecule has 0 saturated heterocycles. The zero-order valence-electron chi connectivity index (χ0n) is 5.97. The van der Waals surface area contributed by atoms with Gasteiger partial charge in [-0.05, 0) is 18.5 Å². The minimum atomic E-state index is 0.500. The molecule has 0 N–H and O–H groups in total. The van der Waals surface area contributed by atoms with Crippen molar-refractivity contribution in [3.8, 4) is 0 Å². The fourth-order valence-corrected chi connectivity index (χ4v) is 1.96. The van der Waals surface area contributed by atoms with Gasteiger partial charge in [0.15, 0.2) is 0 Å². The van der Waals surface area contributed by atoms with Crippen LogP contribution in [0.5, 0.6) is 0 Å². The van der Waals surface area contributed by atoms with E-state index in [4.69, 9.17) is 0 Å². The van der Waals surface area contributed by atoms with Crippen LogP contribution in [0.1, 0.15) is 17.8 Å². The lowest BCUT2D eigenvalue weighted by Gasteiger charge is -1.94. The third kappa shape index (κ3) is 2.34. The summed E-state index contributed by atoms with van der Waals surface area (Å²) < 4.78 is 4.08. The van der Waals surface area contributed by atoms with Crippen LogP contribution in [-0.4, -0.2) is 14.2 Å². The van der Waals surface area contributed by atoms with Crippen molar-refractivity contribution in [2.45, 2.75) is 25.1 Å². The summed E-state index contributed by atoms with van der Waals surface area (Å²) in [5, 5.41) is 1.11. The molecule has 0 aromatic carbocycles. The van der Waals surface area contributed by atoms with Gasteiger partial charge in [0.25, 0.3) is 0 Å². The van der Waals surface area contributed by atoms with Gasteiger partial charge < -0.3 is 0 Å². The molecule has 0 amide bonds. The molecule has 0 saturated carbocycles. The Labute approximate surface area is 73.0 Å². The minimum Gasteiger partial charge on any atom is -0.225 e. The Morgan fingerprint density at radius 1 is 1.70 bits per heavy atom. The van der Waals surface area contributed by atoms with Crippen molar-refractivity contribution in [1.82, 2.24) is 9.36 Å². The summed E-state index contributed by atoms with van der Waals surface area (Å²) in [5.41, 5.74) is 0. The van der Waals surface area contributed by atoms with Crippen LogP contribution in [0.25, 0.3) is 0 Å². The molecule has 0 aliphatic rings. The summed E-state index contributed by atoms with van der Waals surface area (Å²) >= 11 is 4.95. The van der Waals surface area contributed by atoms with E-state index in [2.05, 4.69) is 32.2 Å². The predicted octanol–water partition coefficient (Wildman–Crippen LogP) is 2.17. The van der Waals surface area contributed by atoms with Gasteiger partial charge in [-0.3, -0.25) is 0 Å². The first-order valence-electron chi connectivity index (χ1n) is 3.11. The van der Waals surface area contributed by atoms with Crippen LogP contribution in [0.2, 0.25) is 0 Å². The Hall–Kier alpha value is 0.0400. The van der Waals surface area contributed by atoms with E-state index < -0.39 is 0 Å². The van der Waals surface area contributed by atoms with Gasteiger partial charge in [-0.2, -0.15) is 4.37 Å². The van der Waals surface area contributed by atoms with Crippen molar-refractivity contribution in [3.63, 3.8) is 0 Å². The van der Waals surface area contributed by atoms with E-state index in [0.717, 1.165) is 17.3 Å². The molecule has 0 bridgehead atoms. The SMILES string of the molecule is Cc1nsc(CC(C)Br)n1. The van der Waals surface area contributed by atoms with E-state index in [1.54, 1.807) is 0 Å². The van der Waals surface area contributed by atoms with Gasteiger partial charge in [0.1, 0.15) is 10.8 Å². The average molecular weight is 221 g/mol. The summed E-state index contributed by atoms with van der Waals surface area (Å²) in [4.78, 5) is 4.73. The maximum Gasteiger partial charge on any atom is 0.139 e. The molecule has 1 heterocycles. The van der Waals surface area contributed by atoms with Crippen LogP contribution in [-0.2, 0) is 6.42 Å². The maximum atomic E-state index is 4.23. The quantitative estimate of drug-likeness (QED) is 0.715. The lowest BCUT2D eigenvalue weighted by molar-refractivity contribution is 0.933. The number of aryl methyl sites for hydroxylation is 1. The highest BCUT2D eigenvalue weighted by atomic mass is 79.9. The maximum absolute atomic E-state index is 4.23. The summed E-state index contributed by atoms with van der Waals surface area (Å²) in [5.74, 6) is 0.883. The summed E-state index contributed by atoms with van der Waals surface area (Å²) in [6.07, 6.45) is 0.978. The van der Waals surface area contributed by atoms with Crippen molar-refractivity contribution < 1.29 is 0 Å². The highest BCUT2D eigenvalue weighted by Crippen LogP contribution is 2.10. The van der Waals surface area contributed by atoms with Gasteiger partial charge in [0, 0.05) is 11.2 Å². The van der Waals surface area contributed by atoms with Crippen LogP contribution >= 0.6 is 27.5 Å². The Balaban J connectivity index is 2.58. The molecule has 0 fully saturated rings. The second-order valence-corrected chi connectivity index (χ2v) is 4.62. The molecule has 0 radical (unpaired) electrons. The molecule has 1 rings (SSSR count). The molecule has 10 heavy (non-hydrogen) atoms. The zero-order chi connectivity index (χ0) is 7.56. The topological polar surface area (TPSA) is 25.8 Å². The first-order chi connectivity index (χ1) is 4.68. The van der Waals surface area contributed by atoms with E-state index in [-0.39, 0.29) is 0 Å². The smallest absolute Gasteiger partial charge is 0.139 e. The van der Waals surface area contributed by atoms with Crippen molar-refractivity contribution in [1.29, 1.82) is 0 Å². The molecule has 1 aromatic heterocycles. The predicted molar refractivity (Wildman–Crippen MR) is 46.7 cm³/mol. The van der Waals surface area contributed by atoms with E-state index in [0.29, 0.717) is 4.83 Å². The highest BCUT2D eigenvalue weighted by Gasteiger charge is 2.02. The van der Waals surface area contributed by atoms with Crippen LogP contribution in [0, 0.1) is 6.92 Å². The monoisotopic (exact) mass is 220 g/mol. The molecule has 1 unspecified atom stereocenters. The van der Waals surface area contributed by atoms with Gasteiger partial charge in [-0.25, -0.2) is 4.98 Å². The number of hydrogen-bond acceptors (Lipinski definition) is 3. The fraction of sp³-hybridized carbons (Fsp3) is 0.667. The molecule has 1 aromatic rings. The lowest BCUT2D eigenvalue weighted by atomic mass is 10.3. The highest BCUT2D eigenvalue weighted by molar-refractivity contribution is 9.09. The van der Waals surface area contributed by atoms with Crippen molar-refractivity contribution in [2.75, 3.05) is 0 Å². The zero-order valence-corrected chi connectivity index (χ0v) is 8.37. The molecule has 56 valence electrons. The number of halogens is 1. The Bertz CT molecular complexity index is 209. The van der Waals surface area contributed by atoms with Gasteiger partial charge in [-0.15, -0.1) is 0 Å². The molecular formula is C6H9BrN2S. The molecule has 1 atom stereocenters. The van der Waals surface area contributed by atoms with Crippen molar-refractivity contribution in [2.24, 2.45) is 0 Å². The number of alkyl halides is 1. The van der Waals surface area contributed by atoms with Crippen LogP contribution in [0.15, 0.2) is 0 Å². The molecule has 4 heteroatoms. The van der Waals surface area contributed by atoms with E-state index in [1.165, 1.54) is 11.5 Å². The van der Waals surface area contributed by atoms with Gasteiger partial charge in [0.2, 0.25) is 0 Å². The van der Waals surface area contributed by atoms with Gasteiger partial charge >= 0.3 is 0 Å². The Morgan fingerprint density at radius 3 is 2.80 bits per heavy atom.